The number of anilines is 1. The minimum absolute atomic E-state index is 0.0446. The Bertz CT molecular complexity index is 700. The van der Waals surface area contributed by atoms with Crippen molar-refractivity contribution in [2.45, 2.75) is 17.9 Å². The van der Waals surface area contributed by atoms with E-state index in [1.54, 1.807) is 17.8 Å². The lowest BCUT2D eigenvalue weighted by Crippen LogP contribution is -2.50. The number of rotatable bonds is 5. The van der Waals surface area contributed by atoms with E-state index in [0.29, 0.717) is 18.8 Å². The van der Waals surface area contributed by atoms with Crippen molar-refractivity contribution >= 4 is 23.4 Å². The molecule has 1 saturated heterocycles. The van der Waals surface area contributed by atoms with Gasteiger partial charge in [-0.15, -0.1) is 11.8 Å². The molecular weight excluding hydrogens is 332 g/mol. The maximum atomic E-state index is 12.7. The fourth-order valence-corrected chi connectivity index (χ4v) is 3.95. The Hall–Kier alpha value is -2.14. The summed E-state index contributed by atoms with van der Waals surface area (Å²) in [5.41, 5.74) is 2.10. The molecule has 1 aliphatic rings. The lowest BCUT2D eigenvalue weighted by molar-refractivity contribution is -0.130. The third kappa shape index (κ3) is 4.48. The molecule has 2 aromatic rings. The van der Waals surface area contributed by atoms with Crippen LogP contribution in [-0.4, -0.2) is 47.3 Å². The number of amides is 1. The number of carbonyl (C=O) groups excluding carboxylic acids is 1. The van der Waals surface area contributed by atoms with Gasteiger partial charge in [0.25, 0.3) is 0 Å². The molecule has 25 heavy (non-hydrogen) atoms. The van der Waals surface area contributed by atoms with Crippen molar-refractivity contribution in [3.63, 3.8) is 0 Å². The zero-order valence-electron chi connectivity index (χ0n) is 14.5. The molecule has 0 radical (unpaired) electrons. The van der Waals surface area contributed by atoms with Crippen LogP contribution < -0.4 is 4.90 Å². The van der Waals surface area contributed by atoms with Crippen LogP contribution in [0.1, 0.15) is 12.5 Å². The van der Waals surface area contributed by atoms with Crippen molar-refractivity contribution in [1.29, 1.82) is 0 Å². The Morgan fingerprint density at radius 2 is 1.68 bits per heavy atom. The fraction of sp³-hybridized carbons (Fsp3) is 0.350. The summed E-state index contributed by atoms with van der Waals surface area (Å²) < 4.78 is 0. The fourth-order valence-electron chi connectivity index (χ4n) is 3.02. The van der Waals surface area contributed by atoms with E-state index in [1.807, 2.05) is 48.2 Å². The molecule has 1 heterocycles. The van der Waals surface area contributed by atoms with E-state index in [1.165, 1.54) is 5.56 Å². The van der Waals surface area contributed by atoms with Crippen LogP contribution in [0.3, 0.4) is 0 Å². The Balaban J connectivity index is 1.50. The number of thioether (sulfide) groups is 1. The van der Waals surface area contributed by atoms with Crippen LogP contribution in [0.15, 0.2) is 54.6 Å². The summed E-state index contributed by atoms with van der Waals surface area (Å²) in [5.74, 6) is 1.36. The summed E-state index contributed by atoms with van der Waals surface area (Å²) in [6.07, 6.45) is 0. The summed E-state index contributed by atoms with van der Waals surface area (Å²) in [6.45, 7) is 4.89. The standard InChI is InChI=1S/C20H24N2O2S/c1-16(25-15-17-7-3-2-4-8-17)20(24)22-13-11-21(12-14-22)18-9-5-6-10-19(18)23/h2-10,16,23H,11-15H2,1H3. The minimum Gasteiger partial charge on any atom is -0.506 e. The van der Waals surface area contributed by atoms with Crippen LogP contribution in [-0.2, 0) is 10.5 Å². The summed E-state index contributed by atoms with van der Waals surface area (Å²) in [4.78, 5) is 16.8. The van der Waals surface area contributed by atoms with Crippen molar-refractivity contribution in [3.8, 4) is 5.75 Å². The zero-order valence-corrected chi connectivity index (χ0v) is 15.3. The second-order valence-electron chi connectivity index (χ2n) is 6.24. The first-order valence-corrected chi connectivity index (χ1v) is 9.67. The first-order valence-electron chi connectivity index (χ1n) is 8.62. The van der Waals surface area contributed by atoms with Gasteiger partial charge >= 0.3 is 0 Å². The Morgan fingerprint density at radius 3 is 2.36 bits per heavy atom. The zero-order chi connectivity index (χ0) is 17.6. The van der Waals surface area contributed by atoms with Crippen molar-refractivity contribution in [1.82, 2.24) is 4.90 Å². The lowest BCUT2D eigenvalue weighted by atomic mass is 10.2. The van der Waals surface area contributed by atoms with Crippen molar-refractivity contribution < 1.29 is 9.90 Å². The third-order valence-electron chi connectivity index (χ3n) is 4.50. The van der Waals surface area contributed by atoms with Crippen LogP contribution in [0.25, 0.3) is 0 Å². The second-order valence-corrected chi connectivity index (χ2v) is 7.57. The largest absolute Gasteiger partial charge is 0.506 e. The highest BCUT2D eigenvalue weighted by Crippen LogP contribution is 2.27. The number of aromatic hydroxyl groups is 1. The number of hydrogen-bond donors (Lipinski definition) is 1. The molecule has 1 aliphatic heterocycles. The molecule has 5 heteroatoms. The van der Waals surface area contributed by atoms with Crippen molar-refractivity contribution in [2.75, 3.05) is 31.1 Å². The Labute approximate surface area is 153 Å². The van der Waals surface area contributed by atoms with E-state index in [2.05, 4.69) is 17.0 Å². The highest BCUT2D eigenvalue weighted by Gasteiger charge is 2.25. The molecule has 132 valence electrons. The first kappa shape index (κ1) is 17.7. The van der Waals surface area contributed by atoms with Gasteiger partial charge in [0, 0.05) is 31.9 Å². The average Bonchev–Trinajstić information content (AvgIpc) is 2.67. The Kier molecular flexibility index (Phi) is 5.87. The monoisotopic (exact) mass is 356 g/mol. The van der Waals surface area contributed by atoms with Gasteiger partial charge in [0.15, 0.2) is 0 Å². The minimum atomic E-state index is -0.0446. The molecular formula is C20H24N2O2S. The molecule has 2 aromatic carbocycles. The van der Waals surface area contributed by atoms with Gasteiger partial charge in [-0.05, 0) is 24.6 Å². The molecule has 0 aromatic heterocycles. The number of piperazine rings is 1. The van der Waals surface area contributed by atoms with Gasteiger partial charge in [-0.25, -0.2) is 0 Å². The lowest BCUT2D eigenvalue weighted by Gasteiger charge is -2.37. The molecule has 3 rings (SSSR count). The summed E-state index contributed by atoms with van der Waals surface area (Å²) in [5, 5.41) is 9.93. The summed E-state index contributed by atoms with van der Waals surface area (Å²) in [6, 6.07) is 17.6. The van der Waals surface area contributed by atoms with Gasteiger partial charge in [0.1, 0.15) is 5.75 Å². The molecule has 0 saturated carbocycles. The Morgan fingerprint density at radius 1 is 1.04 bits per heavy atom. The van der Waals surface area contributed by atoms with E-state index >= 15 is 0 Å². The van der Waals surface area contributed by atoms with E-state index in [-0.39, 0.29) is 11.2 Å². The quantitative estimate of drug-likeness (QED) is 0.892. The predicted octanol–water partition coefficient (Wildman–Crippen LogP) is 3.36. The second kappa shape index (κ2) is 8.30. The maximum absolute atomic E-state index is 12.7. The number of phenolic OH excluding ortho intramolecular Hbond substituents is 1. The smallest absolute Gasteiger partial charge is 0.235 e. The number of hydrogen-bond acceptors (Lipinski definition) is 4. The molecule has 0 bridgehead atoms. The van der Waals surface area contributed by atoms with Crippen LogP contribution in [0.4, 0.5) is 5.69 Å². The highest BCUT2D eigenvalue weighted by atomic mass is 32.2. The first-order chi connectivity index (χ1) is 12.1. The number of nitrogens with zero attached hydrogens (tertiary/aromatic N) is 2. The van der Waals surface area contributed by atoms with Gasteiger partial charge in [0.05, 0.1) is 10.9 Å². The van der Waals surface area contributed by atoms with E-state index in [0.717, 1.165) is 24.5 Å². The van der Waals surface area contributed by atoms with E-state index < -0.39 is 0 Å². The third-order valence-corrected chi connectivity index (χ3v) is 5.71. The molecule has 1 atom stereocenters. The van der Waals surface area contributed by atoms with Gasteiger partial charge in [-0.1, -0.05) is 42.5 Å². The molecule has 1 N–H and O–H groups in total. The van der Waals surface area contributed by atoms with E-state index in [4.69, 9.17) is 0 Å². The average molecular weight is 356 g/mol. The van der Waals surface area contributed by atoms with Gasteiger partial charge in [-0.3, -0.25) is 4.79 Å². The molecule has 1 unspecified atom stereocenters. The van der Waals surface area contributed by atoms with Crippen LogP contribution >= 0.6 is 11.8 Å². The molecule has 1 amide bonds. The topological polar surface area (TPSA) is 43.8 Å². The summed E-state index contributed by atoms with van der Waals surface area (Å²) in [7, 11) is 0. The molecule has 4 nitrogen and oxygen atoms in total. The highest BCUT2D eigenvalue weighted by molar-refractivity contribution is 7.99. The SMILES string of the molecule is CC(SCc1ccccc1)C(=O)N1CCN(c2ccccc2O)CC1. The normalized spacial score (nSPS) is 15.9. The number of para-hydroxylation sites is 2. The molecule has 0 spiro atoms. The molecule has 0 aliphatic carbocycles. The van der Waals surface area contributed by atoms with Crippen LogP contribution in [0.2, 0.25) is 0 Å². The number of benzene rings is 2. The van der Waals surface area contributed by atoms with Crippen molar-refractivity contribution in [2.24, 2.45) is 0 Å². The number of phenols is 1. The predicted molar refractivity (Wildman–Crippen MR) is 104 cm³/mol. The maximum Gasteiger partial charge on any atom is 0.235 e. The van der Waals surface area contributed by atoms with Crippen molar-refractivity contribution in [3.05, 3.63) is 60.2 Å². The van der Waals surface area contributed by atoms with Gasteiger partial charge in [0.2, 0.25) is 5.91 Å². The number of carbonyl (C=O) groups is 1. The van der Waals surface area contributed by atoms with Crippen LogP contribution in [0.5, 0.6) is 5.75 Å². The van der Waals surface area contributed by atoms with Gasteiger partial charge < -0.3 is 14.9 Å². The van der Waals surface area contributed by atoms with Crippen LogP contribution in [0, 0.1) is 0 Å². The van der Waals surface area contributed by atoms with Gasteiger partial charge in [-0.2, -0.15) is 0 Å². The summed E-state index contributed by atoms with van der Waals surface area (Å²) >= 11 is 1.69. The van der Waals surface area contributed by atoms with E-state index in [9.17, 15) is 9.90 Å². The molecule has 1 fully saturated rings.